The Balaban J connectivity index is 2.53. The van der Waals surface area contributed by atoms with Crippen molar-refractivity contribution in [2.45, 2.75) is 32.4 Å². The number of amides is 1. The molecular formula is C14H19F3N2O2. The highest BCUT2D eigenvalue weighted by atomic mass is 19.4. The van der Waals surface area contributed by atoms with Crippen LogP contribution in [-0.2, 0) is 15.7 Å². The molecule has 0 atom stereocenters. The maximum atomic E-state index is 12.7. The Morgan fingerprint density at radius 1 is 1.33 bits per heavy atom. The summed E-state index contributed by atoms with van der Waals surface area (Å²) in [6.45, 7) is 2.84. The van der Waals surface area contributed by atoms with Crippen molar-refractivity contribution >= 4 is 17.3 Å². The summed E-state index contributed by atoms with van der Waals surface area (Å²) in [5.41, 5.74) is 4.01. The van der Waals surface area contributed by atoms with Crippen LogP contribution in [0.1, 0.15) is 31.7 Å². The Bertz CT molecular complexity index is 476. The molecule has 4 nitrogen and oxygen atoms in total. The number of ether oxygens (including phenoxy) is 1. The first-order valence-electron chi connectivity index (χ1n) is 6.69. The highest BCUT2D eigenvalue weighted by molar-refractivity contribution is 5.91. The Morgan fingerprint density at radius 2 is 2.05 bits per heavy atom. The second-order valence-corrected chi connectivity index (χ2v) is 4.56. The van der Waals surface area contributed by atoms with E-state index in [0.29, 0.717) is 6.61 Å². The van der Waals surface area contributed by atoms with Crippen molar-refractivity contribution in [2.24, 2.45) is 0 Å². The van der Waals surface area contributed by atoms with E-state index in [1.807, 2.05) is 6.92 Å². The van der Waals surface area contributed by atoms with E-state index < -0.39 is 17.6 Å². The quantitative estimate of drug-likeness (QED) is 0.599. The third kappa shape index (κ3) is 6.03. The smallest absolute Gasteiger partial charge is 0.398 e. The van der Waals surface area contributed by atoms with Gasteiger partial charge in [-0.1, -0.05) is 13.3 Å². The number of benzene rings is 1. The molecule has 1 amide bonds. The first-order chi connectivity index (χ1) is 9.84. The number of anilines is 2. The van der Waals surface area contributed by atoms with Crippen molar-refractivity contribution in [3.63, 3.8) is 0 Å². The fourth-order valence-electron chi connectivity index (χ4n) is 1.62. The van der Waals surface area contributed by atoms with Gasteiger partial charge in [-0.25, -0.2) is 0 Å². The molecule has 0 aliphatic carbocycles. The van der Waals surface area contributed by atoms with Crippen LogP contribution in [0.5, 0.6) is 0 Å². The molecule has 0 radical (unpaired) electrons. The fourth-order valence-corrected chi connectivity index (χ4v) is 1.62. The van der Waals surface area contributed by atoms with E-state index in [-0.39, 0.29) is 24.4 Å². The lowest BCUT2D eigenvalue weighted by Gasteiger charge is -2.12. The summed E-state index contributed by atoms with van der Waals surface area (Å²) in [5, 5.41) is 2.40. The van der Waals surface area contributed by atoms with Gasteiger partial charge in [-0.15, -0.1) is 0 Å². The summed E-state index contributed by atoms with van der Waals surface area (Å²) in [6.07, 6.45) is -2.55. The molecule has 0 saturated carbocycles. The van der Waals surface area contributed by atoms with Crippen LogP contribution in [-0.4, -0.2) is 19.1 Å². The number of nitrogen functional groups attached to an aromatic ring is 1. The molecule has 1 aromatic rings. The Hall–Kier alpha value is -1.76. The van der Waals surface area contributed by atoms with Crippen molar-refractivity contribution in [3.05, 3.63) is 23.8 Å². The van der Waals surface area contributed by atoms with Gasteiger partial charge in [-0.05, 0) is 24.6 Å². The molecule has 0 aromatic heterocycles. The summed E-state index contributed by atoms with van der Waals surface area (Å²) in [5.74, 6) is -0.399. The Morgan fingerprint density at radius 3 is 2.67 bits per heavy atom. The molecule has 1 rings (SSSR count). The second kappa shape index (κ2) is 7.87. The van der Waals surface area contributed by atoms with Gasteiger partial charge in [-0.2, -0.15) is 13.2 Å². The van der Waals surface area contributed by atoms with Crippen LogP contribution >= 0.6 is 0 Å². The highest BCUT2D eigenvalue weighted by Gasteiger charge is 2.33. The maximum absolute atomic E-state index is 12.7. The molecule has 3 N–H and O–H groups in total. The molecule has 0 aliphatic rings. The topological polar surface area (TPSA) is 64.3 Å². The van der Waals surface area contributed by atoms with Gasteiger partial charge in [0.25, 0.3) is 0 Å². The monoisotopic (exact) mass is 304 g/mol. The number of hydrogen-bond donors (Lipinski definition) is 2. The van der Waals surface area contributed by atoms with Crippen LogP contribution in [0.25, 0.3) is 0 Å². The average Bonchev–Trinajstić information content (AvgIpc) is 2.39. The number of rotatable bonds is 7. The molecular weight excluding hydrogens is 285 g/mol. The van der Waals surface area contributed by atoms with E-state index in [9.17, 15) is 18.0 Å². The van der Waals surface area contributed by atoms with E-state index in [4.69, 9.17) is 10.5 Å². The number of carbonyl (C=O) groups excluding carboxylic acids is 1. The molecule has 0 aliphatic heterocycles. The molecule has 1 aromatic carbocycles. The van der Waals surface area contributed by atoms with E-state index in [1.165, 1.54) is 6.07 Å². The van der Waals surface area contributed by atoms with Crippen LogP contribution in [0, 0.1) is 0 Å². The van der Waals surface area contributed by atoms with Crippen LogP contribution in [0.4, 0.5) is 24.5 Å². The van der Waals surface area contributed by atoms with Crippen molar-refractivity contribution in [2.75, 3.05) is 24.3 Å². The van der Waals surface area contributed by atoms with Crippen molar-refractivity contribution in [3.8, 4) is 0 Å². The SMILES string of the molecule is CCCCOCCC(=O)Nc1ccc(N)c(C(F)(F)F)c1. The van der Waals surface area contributed by atoms with Gasteiger partial charge in [0.05, 0.1) is 18.6 Å². The number of hydrogen-bond acceptors (Lipinski definition) is 3. The normalized spacial score (nSPS) is 11.4. The minimum Gasteiger partial charge on any atom is -0.398 e. The molecule has 118 valence electrons. The van der Waals surface area contributed by atoms with Crippen LogP contribution in [0.15, 0.2) is 18.2 Å². The van der Waals surface area contributed by atoms with Crippen LogP contribution < -0.4 is 11.1 Å². The van der Waals surface area contributed by atoms with Crippen LogP contribution in [0.2, 0.25) is 0 Å². The van der Waals surface area contributed by atoms with Gasteiger partial charge in [0.15, 0.2) is 0 Å². The predicted molar refractivity (Wildman–Crippen MR) is 74.8 cm³/mol. The number of nitrogens with one attached hydrogen (secondary N) is 1. The number of unbranched alkanes of at least 4 members (excludes halogenated alkanes) is 1. The largest absolute Gasteiger partial charge is 0.418 e. The Kier molecular flexibility index (Phi) is 6.48. The lowest BCUT2D eigenvalue weighted by Crippen LogP contribution is -2.16. The second-order valence-electron chi connectivity index (χ2n) is 4.56. The molecule has 0 spiro atoms. The molecule has 0 unspecified atom stereocenters. The molecule has 0 heterocycles. The number of carbonyl (C=O) groups is 1. The zero-order chi connectivity index (χ0) is 15.9. The minimum absolute atomic E-state index is 0.0649. The predicted octanol–water partition coefficient (Wildman–Crippen LogP) is 3.43. The summed E-state index contributed by atoms with van der Waals surface area (Å²) in [6, 6.07) is 3.28. The number of halogens is 3. The molecule has 21 heavy (non-hydrogen) atoms. The standard InChI is InChI=1S/C14H19F3N2O2/c1-2-3-7-21-8-6-13(20)19-10-4-5-12(18)11(9-10)14(15,16)17/h4-5,9H,2-3,6-8,18H2,1H3,(H,19,20). The molecule has 0 bridgehead atoms. The van der Waals surface area contributed by atoms with Gasteiger partial charge in [0, 0.05) is 18.0 Å². The lowest BCUT2D eigenvalue weighted by atomic mass is 10.1. The fraction of sp³-hybridized carbons (Fsp3) is 0.500. The van der Waals surface area contributed by atoms with E-state index in [2.05, 4.69) is 5.32 Å². The third-order valence-corrected chi connectivity index (χ3v) is 2.76. The Labute approximate surface area is 121 Å². The first kappa shape index (κ1) is 17.3. The maximum Gasteiger partial charge on any atom is 0.418 e. The van der Waals surface area contributed by atoms with Crippen molar-refractivity contribution in [1.82, 2.24) is 0 Å². The highest BCUT2D eigenvalue weighted by Crippen LogP contribution is 2.35. The van der Waals surface area contributed by atoms with Gasteiger partial charge >= 0.3 is 6.18 Å². The van der Waals surface area contributed by atoms with Gasteiger partial charge < -0.3 is 15.8 Å². The number of nitrogens with two attached hydrogens (primary N) is 1. The van der Waals surface area contributed by atoms with Gasteiger partial charge in [0.2, 0.25) is 5.91 Å². The first-order valence-corrected chi connectivity index (χ1v) is 6.69. The summed E-state index contributed by atoms with van der Waals surface area (Å²) in [4.78, 5) is 11.6. The average molecular weight is 304 g/mol. The van der Waals surface area contributed by atoms with Crippen molar-refractivity contribution < 1.29 is 22.7 Å². The van der Waals surface area contributed by atoms with E-state index in [1.54, 1.807) is 0 Å². The molecule has 7 heteroatoms. The van der Waals surface area contributed by atoms with Gasteiger partial charge in [-0.3, -0.25) is 4.79 Å². The van der Waals surface area contributed by atoms with Crippen LogP contribution in [0.3, 0.4) is 0 Å². The van der Waals surface area contributed by atoms with E-state index >= 15 is 0 Å². The molecule has 0 saturated heterocycles. The number of alkyl halides is 3. The lowest BCUT2D eigenvalue weighted by molar-refractivity contribution is -0.137. The molecule has 0 fully saturated rings. The minimum atomic E-state index is -4.55. The van der Waals surface area contributed by atoms with Gasteiger partial charge in [0.1, 0.15) is 0 Å². The van der Waals surface area contributed by atoms with Crippen molar-refractivity contribution in [1.29, 1.82) is 0 Å². The summed E-state index contributed by atoms with van der Waals surface area (Å²) in [7, 11) is 0. The summed E-state index contributed by atoms with van der Waals surface area (Å²) >= 11 is 0. The zero-order valence-corrected chi connectivity index (χ0v) is 11.8. The summed E-state index contributed by atoms with van der Waals surface area (Å²) < 4.78 is 43.2. The third-order valence-electron chi connectivity index (χ3n) is 2.76. The zero-order valence-electron chi connectivity index (χ0n) is 11.8. The van der Waals surface area contributed by atoms with E-state index in [0.717, 1.165) is 25.0 Å².